The number of fused-ring (bicyclic) bond motifs is 1. The molecule has 4 nitrogen and oxygen atoms in total. The van der Waals surface area contributed by atoms with Gasteiger partial charge in [0, 0.05) is 18.5 Å². The third-order valence-electron chi connectivity index (χ3n) is 3.31. The van der Waals surface area contributed by atoms with Crippen molar-refractivity contribution in [2.45, 2.75) is 18.9 Å². The van der Waals surface area contributed by atoms with Gasteiger partial charge in [0.2, 0.25) is 5.91 Å². The Kier molecular flexibility index (Phi) is 2.63. The molecule has 0 spiro atoms. The van der Waals surface area contributed by atoms with Crippen LogP contribution in [0.3, 0.4) is 0 Å². The number of anilines is 1. The Morgan fingerprint density at radius 1 is 1.62 bits per heavy atom. The van der Waals surface area contributed by atoms with Gasteiger partial charge in [-0.1, -0.05) is 0 Å². The van der Waals surface area contributed by atoms with Crippen LogP contribution in [0, 0.1) is 5.92 Å². The summed E-state index contributed by atoms with van der Waals surface area (Å²) in [4.78, 5) is 18.3. The minimum absolute atomic E-state index is 0.163. The van der Waals surface area contributed by atoms with Crippen molar-refractivity contribution < 1.29 is 4.79 Å². The largest absolute Gasteiger partial charge is 0.354 e. The number of halogens is 1. The lowest BCUT2D eigenvalue weighted by molar-refractivity contribution is -0.122. The van der Waals surface area contributed by atoms with Crippen molar-refractivity contribution in [1.82, 2.24) is 10.3 Å². The lowest BCUT2D eigenvalue weighted by Crippen LogP contribution is -2.45. The maximum Gasteiger partial charge on any atom is 0.225 e. The number of nitrogens with one attached hydrogen (secondary N) is 1. The molecule has 0 radical (unpaired) electrons. The molecule has 3 heterocycles. The summed E-state index contributed by atoms with van der Waals surface area (Å²) in [5.41, 5.74) is 0. The highest BCUT2D eigenvalue weighted by atomic mass is 79.9. The van der Waals surface area contributed by atoms with Crippen molar-refractivity contribution in [2.75, 3.05) is 18.0 Å². The van der Waals surface area contributed by atoms with Gasteiger partial charge in [-0.25, -0.2) is 4.98 Å². The molecule has 86 valence electrons. The third-order valence-corrected chi connectivity index (χ3v) is 4.90. The van der Waals surface area contributed by atoms with Gasteiger partial charge in [-0.2, -0.15) is 0 Å². The van der Waals surface area contributed by atoms with Gasteiger partial charge in [-0.05, 0) is 28.8 Å². The van der Waals surface area contributed by atoms with Crippen molar-refractivity contribution in [3.05, 3.63) is 9.98 Å². The molecule has 0 saturated carbocycles. The number of amides is 1. The Hall–Kier alpha value is -0.620. The first kappa shape index (κ1) is 10.5. The van der Waals surface area contributed by atoms with Crippen LogP contribution in [-0.4, -0.2) is 30.0 Å². The summed E-state index contributed by atoms with van der Waals surface area (Å²) in [6.45, 7) is 1.77. The molecular formula is C10H12BrN3OS. The van der Waals surface area contributed by atoms with Crippen LogP contribution in [0.25, 0.3) is 0 Å². The normalized spacial score (nSPS) is 29.1. The summed E-state index contributed by atoms with van der Waals surface area (Å²) in [5.74, 6) is 0.377. The van der Waals surface area contributed by atoms with Gasteiger partial charge in [0.1, 0.15) is 4.60 Å². The van der Waals surface area contributed by atoms with Crippen LogP contribution in [0.5, 0.6) is 0 Å². The second-order valence-electron chi connectivity index (χ2n) is 4.21. The molecule has 2 atom stereocenters. The van der Waals surface area contributed by atoms with Crippen LogP contribution in [0.2, 0.25) is 0 Å². The quantitative estimate of drug-likeness (QED) is 0.857. The zero-order valence-electron chi connectivity index (χ0n) is 8.65. The van der Waals surface area contributed by atoms with E-state index >= 15 is 0 Å². The predicted octanol–water partition coefficient (Wildman–Crippen LogP) is 1.62. The van der Waals surface area contributed by atoms with Crippen molar-refractivity contribution >= 4 is 38.3 Å². The molecule has 0 aromatic carbocycles. The maximum absolute atomic E-state index is 11.6. The summed E-state index contributed by atoms with van der Waals surface area (Å²) >= 11 is 5.01. The van der Waals surface area contributed by atoms with Gasteiger partial charge in [-0.15, -0.1) is 11.3 Å². The second kappa shape index (κ2) is 4.00. The van der Waals surface area contributed by atoms with E-state index in [1.165, 1.54) is 0 Å². The minimum atomic E-state index is 0.163. The molecule has 1 N–H and O–H groups in total. The number of hydrogen-bond acceptors (Lipinski definition) is 4. The average molecular weight is 302 g/mol. The molecule has 1 amide bonds. The van der Waals surface area contributed by atoms with E-state index in [1.54, 1.807) is 11.3 Å². The first-order valence-corrected chi connectivity index (χ1v) is 7.08. The van der Waals surface area contributed by atoms with Gasteiger partial charge in [0.25, 0.3) is 0 Å². The number of carbonyl (C=O) groups is 1. The zero-order valence-corrected chi connectivity index (χ0v) is 11.1. The number of hydrogen-bond donors (Lipinski definition) is 1. The summed E-state index contributed by atoms with van der Waals surface area (Å²) in [6.07, 6.45) is 2.09. The van der Waals surface area contributed by atoms with E-state index in [4.69, 9.17) is 0 Å². The number of thiazole rings is 1. The fourth-order valence-corrected chi connectivity index (χ4v) is 3.90. The summed E-state index contributed by atoms with van der Waals surface area (Å²) < 4.78 is 0.881. The highest BCUT2D eigenvalue weighted by molar-refractivity contribution is 9.10. The van der Waals surface area contributed by atoms with E-state index in [1.807, 2.05) is 5.38 Å². The number of aromatic nitrogens is 1. The third kappa shape index (κ3) is 1.64. The van der Waals surface area contributed by atoms with Crippen LogP contribution in [0.4, 0.5) is 5.13 Å². The average Bonchev–Trinajstić information content (AvgIpc) is 2.86. The number of nitrogens with zero attached hydrogens (tertiary/aromatic N) is 2. The molecule has 16 heavy (non-hydrogen) atoms. The van der Waals surface area contributed by atoms with E-state index in [0.29, 0.717) is 6.04 Å². The molecule has 2 fully saturated rings. The Morgan fingerprint density at radius 2 is 2.50 bits per heavy atom. The Balaban J connectivity index is 1.87. The molecule has 2 aliphatic rings. The zero-order chi connectivity index (χ0) is 11.1. The molecule has 0 bridgehead atoms. The Bertz CT molecular complexity index is 422. The molecule has 6 heteroatoms. The predicted molar refractivity (Wildman–Crippen MR) is 66.7 cm³/mol. The van der Waals surface area contributed by atoms with Crippen LogP contribution in [-0.2, 0) is 4.79 Å². The van der Waals surface area contributed by atoms with E-state index in [9.17, 15) is 4.79 Å². The maximum atomic E-state index is 11.6. The molecular weight excluding hydrogens is 290 g/mol. The lowest BCUT2D eigenvalue weighted by atomic mass is 9.92. The van der Waals surface area contributed by atoms with Crippen LogP contribution < -0.4 is 10.2 Å². The smallest absolute Gasteiger partial charge is 0.225 e. The molecule has 1 aromatic rings. The highest BCUT2D eigenvalue weighted by Gasteiger charge is 2.41. The van der Waals surface area contributed by atoms with Gasteiger partial charge < -0.3 is 10.2 Å². The molecule has 2 unspecified atom stereocenters. The van der Waals surface area contributed by atoms with Crippen LogP contribution >= 0.6 is 27.3 Å². The fraction of sp³-hybridized carbons (Fsp3) is 0.600. The first-order valence-electron chi connectivity index (χ1n) is 5.41. The number of carbonyl (C=O) groups excluding carboxylic acids is 1. The van der Waals surface area contributed by atoms with Crippen molar-refractivity contribution in [3.63, 3.8) is 0 Å². The lowest BCUT2D eigenvalue weighted by Gasteiger charge is -2.35. The van der Waals surface area contributed by atoms with E-state index in [2.05, 4.69) is 31.1 Å². The summed E-state index contributed by atoms with van der Waals surface area (Å²) in [7, 11) is 0. The summed E-state index contributed by atoms with van der Waals surface area (Å²) in [6, 6.07) is 0.305. The topological polar surface area (TPSA) is 45.2 Å². The second-order valence-corrected chi connectivity index (χ2v) is 5.86. The fourth-order valence-electron chi connectivity index (χ4n) is 2.57. The van der Waals surface area contributed by atoms with Crippen molar-refractivity contribution in [3.8, 4) is 0 Å². The monoisotopic (exact) mass is 301 g/mol. The highest BCUT2D eigenvalue weighted by Crippen LogP contribution is 2.33. The van der Waals surface area contributed by atoms with Crippen LogP contribution in [0.1, 0.15) is 12.8 Å². The number of piperidine rings is 1. The Morgan fingerprint density at radius 3 is 3.25 bits per heavy atom. The van der Waals surface area contributed by atoms with E-state index in [0.717, 1.165) is 35.7 Å². The van der Waals surface area contributed by atoms with Gasteiger partial charge in [0.15, 0.2) is 5.13 Å². The Labute approximate surface area is 106 Å². The number of rotatable bonds is 1. The van der Waals surface area contributed by atoms with Crippen LogP contribution in [0.15, 0.2) is 9.98 Å². The van der Waals surface area contributed by atoms with Gasteiger partial charge in [0.05, 0.1) is 12.0 Å². The molecule has 2 saturated heterocycles. The standard InChI is InChI=1S/C10H12BrN3OS/c11-8-5-16-10(13-8)14-3-1-2-6-7(14)4-12-9(6)15/h5-7H,1-4H2,(H,12,15). The molecule has 1 aromatic heterocycles. The van der Waals surface area contributed by atoms with E-state index in [-0.39, 0.29) is 11.8 Å². The SMILES string of the molecule is O=C1NCC2C1CCCN2c1nc(Br)cs1. The van der Waals surface area contributed by atoms with Gasteiger partial charge >= 0.3 is 0 Å². The van der Waals surface area contributed by atoms with E-state index < -0.39 is 0 Å². The first-order chi connectivity index (χ1) is 7.75. The van der Waals surface area contributed by atoms with Crippen molar-refractivity contribution in [2.24, 2.45) is 5.92 Å². The van der Waals surface area contributed by atoms with Crippen molar-refractivity contribution in [1.29, 1.82) is 0 Å². The minimum Gasteiger partial charge on any atom is -0.354 e. The summed E-state index contributed by atoms with van der Waals surface area (Å²) in [5, 5.41) is 5.97. The molecule has 2 aliphatic heterocycles. The van der Waals surface area contributed by atoms with Gasteiger partial charge in [-0.3, -0.25) is 4.79 Å². The molecule has 3 rings (SSSR count). The molecule has 0 aliphatic carbocycles.